The number of carboxylic acids is 1. The van der Waals surface area contributed by atoms with Gasteiger partial charge in [-0.3, -0.25) is 0 Å². The summed E-state index contributed by atoms with van der Waals surface area (Å²) in [7, 11) is 0. The largest absolute Gasteiger partial charge is 0.479 e. The van der Waals surface area contributed by atoms with Crippen molar-refractivity contribution >= 4 is 5.97 Å². The standard InChI is InChI=1S/C11H10O3/c1-3-9-4-6-10(7-5-9)14-8(2)11(12)13/h1,4-8H,2H3,(H,12,13). The molecule has 3 nitrogen and oxygen atoms in total. The molecule has 1 atom stereocenters. The molecule has 0 saturated carbocycles. The highest BCUT2D eigenvalue weighted by molar-refractivity contribution is 5.72. The van der Waals surface area contributed by atoms with Gasteiger partial charge in [0.15, 0.2) is 6.10 Å². The Balaban J connectivity index is 2.70. The van der Waals surface area contributed by atoms with Crippen molar-refractivity contribution in [2.75, 3.05) is 0 Å². The molecule has 14 heavy (non-hydrogen) atoms. The number of aliphatic carboxylic acids is 1. The van der Waals surface area contributed by atoms with Gasteiger partial charge in [0.25, 0.3) is 0 Å². The fourth-order valence-electron chi connectivity index (χ4n) is 0.884. The molecule has 1 N–H and O–H groups in total. The van der Waals surface area contributed by atoms with Crippen LogP contribution in [-0.2, 0) is 4.79 Å². The summed E-state index contributed by atoms with van der Waals surface area (Å²) < 4.78 is 5.11. The first kappa shape index (κ1) is 10.1. The minimum absolute atomic E-state index is 0.499. The first-order valence-corrected chi connectivity index (χ1v) is 4.09. The normalized spacial score (nSPS) is 11.4. The van der Waals surface area contributed by atoms with E-state index in [2.05, 4.69) is 5.92 Å². The monoisotopic (exact) mass is 190 g/mol. The molecule has 1 aromatic rings. The van der Waals surface area contributed by atoms with Gasteiger partial charge < -0.3 is 9.84 Å². The maximum Gasteiger partial charge on any atom is 0.344 e. The van der Waals surface area contributed by atoms with Gasteiger partial charge in [0, 0.05) is 5.56 Å². The van der Waals surface area contributed by atoms with Crippen LogP contribution in [0.5, 0.6) is 5.75 Å². The predicted octanol–water partition coefficient (Wildman–Crippen LogP) is 1.52. The van der Waals surface area contributed by atoms with Gasteiger partial charge in [-0.2, -0.15) is 0 Å². The van der Waals surface area contributed by atoms with Gasteiger partial charge in [-0.15, -0.1) is 6.42 Å². The molecule has 0 spiro atoms. The van der Waals surface area contributed by atoms with Gasteiger partial charge in [-0.1, -0.05) is 5.92 Å². The van der Waals surface area contributed by atoms with E-state index in [0.29, 0.717) is 5.75 Å². The Bertz CT molecular complexity index is 359. The van der Waals surface area contributed by atoms with E-state index in [9.17, 15) is 4.79 Å². The molecular formula is C11H10O3. The second-order valence-electron chi connectivity index (χ2n) is 2.77. The Labute approximate surface area is 82.3 Å². The van der Waals surface area contributed by atoms with Gasteiger partial charge in [0.2, 0.25) is 0 Å². The summed E-state index contributed by atoms with van der Waals surface area (Å²) in [4.78, 5) is 10.5. The highest BCUT2D eigenvalue weighted by Gasteiger charge is 2.11. The summed E-state index contributed by atoms with van der Waals surface area (Å²) in [6.45, 7) is 1.47. The van der Waals surface area contributed by atoms with Crippen LogP contribution in [0.25, 0.3) is 0 Å². The number of ether oxygens (including phenoxy) is 1. The number of rotatable bonds is 3. The maximum absolute atomic E-state index is 10.5. The predicted molar refractivity (Wildman–Crippen MR) is 52.1 cm³/mol. The van der Waals surface area contributed by atoms with Crippen molar-refractivity contribution < 1.29 is 14.6 Å². The van der Waals surface area contributed by atoms with Crippen molar-refractivity contribution in [3.8, 4) is 18.1 Å². The lowest BCUT2D eigenvalue weighted by Crippen LogP contribution is -2.22. The lowest BCUT2D eigenvalue weighted by Gasteiger charge is -2.09. The number of carboxylic acid groups (broad SMARTS) is 1. The molecule has 0 fully saturated rings. The average molecular weight is 190 g/mol. The number of carbonyl (C=O) groups is 1. The summed E-state index contributed by atoms with van der Waals surface area (Å²) in [5.74, 6) is 1.96. The molecule has 0 bridgehead atoms. The molecule has 0 aliphatic rings. The fourth-order valence-corrected chi connectivity index (χ4v) is 0.884. The summed E-state index contributed by atoms with van der Waals surface area (Å²) >= 11 is 0. The number of hydrogen-bond acceptors (Lipinski definition) is 2. The van der Waals surface area contributed by atoms with Crippen LogP contribution in [0.15, 0.2) is 24.3 Å². The second kappa shape index (κ2) is 4.33. The van der Waals surface area contributed by atoms with Crippen molar-refractivity contribution in [2.45, 2.75) is 13.0 Å². The molecule has 0 aliphatic carbocycles. The Morgan fingerprint density at radius 2 is 2.07 bits per heavy atom. The van der Waals surface area contributed by atoms with Crippen LogP contribution in [0.4, 0.5) is 0 Å². The summed E-state index contributed by atoms with van der Waals surface area (Å²) in [6, 6.07) is 6.69. The number of hydrogen-bond donors (Lipinski definition) is 1. The fraction of sp³-hybridized carbons (Fsp3) is 0.182. The minimum atomic E-state index is -0.994. The van der Waals surface area contributed by atoms with E-state index in [4.69, 9.17) is 16.3 Å². The first-order valence-electron chi connectivity index (χ1n) is 4.09. The van der Waals surface area contributed by atoms with E-state index in [1.807, 2.05) is 0 Å². The van der Waals surface area contributed by atoms with Crippen LogP contribution >= 0.6 is 0 Å². The van der Waals surface area contributed by atoms with Gasteiger partial charge in [0.1, 0.15) is 5.75 Å². The second-order valence-corrected chi connectivity index (χ2v) is 2.77. The minimum Gasteiger partial charge on any atom is -0.479 e. The van der Waals surface area contributed by atoms with E-state index in [-0.39, 0.29) is 0 Å². The molecule has 0 amide bonds. The molecule has 0 aliphatic heterocycles. The number of terminal acetylenes is 1. The molecule has 0 aromatic heterocycles. The Morgan fingerprint density at radius 3 is 2.50 bits per heavy atom. The van der Waals surface area contributed by atoms with E-state index < -0.39 is 12.1 Å². The topological polar surface area (TPSA) is 46.5 Å². The molecule has 0 radical (unpaired) electrons. The Hall–Kier alpha value is -1.95. The van der Waals surface area contributed by atoms with E-state index in [1.165, 1.54) is 6.92 Å². The molecule has 3 heteroatoms. The highest BCUT2D eigenvalue weighted by atomic mass is 16.5. The van der Waals surface area contributed by atoms with Gasteiger partial charge in [-0.25, -0.2) is 4.79 Å². The van der Waals surface area contributed by atoms with Crippen molar-refractivity contribution in [1.29, 1.82) is 0 Å². The quantitative estimate of drug-likeness (QED) is 0.735. The first-order chi connectivity index (χ1) is 6.63. The van der Waals surface area contributed by atoms with Crippen LogP contribution in [0.1, 0.15) is 12.5 Å². The van der Waals surface area contributed by atoms with Crippen LogP contribution in [-0.4, -0.2) is 17.2 Å². The molecule has 1 unspecified atom stereocenters. The summed E-state index contributed by atoms with van der Waals surface area (Å²) in [5.41, 5.74) is 0.736. The molecule has 72 valence electrons. The van der Waals surface area contributed by atoms with Crippen molar-refractivity contribution in [3.63, 3.8) is 0 Å². The van der Waals surface area contributed by atoms with Crippen LogP contribution in [0, 0.1) is 12.3 Å². The molecule has 0 heterocycles. The zero-order valence-corrected chi connectivity index (χ0v) is 7.73. The molecule has 1 aromatic carbocycles. The average Bonchev–Trinajstić information content (AvgIpc) is 2.19. The van der Waals surface area contributed by atoms with Crippen LogP contribution < -0.4 is 4.74 Å². The van der Waals surface area contributed by atoms with Crippen molar-refractivity contribution in [1.82, 2.24) is 0 Å². The lowest BCUT2D eigenvalue weighted by atomic mass is 10.2. The summed E-state index contributed by atoms with van der Waals surface area (Å²) in [6.07, 6.45) is 4.31. The zero-order valence-electron chi connectivity index (χ0n) is 7.73. The van der Waals surface area contributed by atoms with E-state index in [1.54, 1.807) is 24.3 Å². The zero-order chi connectivity index (χ0) is 10.6. The van der Waals surface area contributed by atoms with E-state index in [0.717, 1.165) is 5.56 Å². The third-order valence-corrected chi connectivity index (χ3v) is 1.68. The highest BCUT2D eigenvalue weighted by Crippen LogP contribution is 2.13. The van der Waals surface area contributed by atoms with Gasteiger partial charge >= 0.3 is 5.97 Å². The molecular weight excluding hydrogens is 180 g/mol. The van der Waals surface area contributed by atoms with Gasteiger partial charge in [-0.05, 0) is 31.2 Å². The third-order valence-electron chi connectivity index (χ3n) is 1.68. The smallest absolute Gasteiger partial charge is 0.344 e. The molecule has 1 rings (SSSR count). The summed E-state index contributed by atoms with van der Waals surface area (Å²) in [5, 5.41) is 8.59. The SMILES string of the molecule is C#Cc1ccc(OC(C)C(=O)O)cc1. The van der Waals surface area contributed by atoms with Crippen LogP contribution in [0.2, 0.25) is 0 Å². The molecule has 0 saturated heterocycles. The maximum atomic E-state index is 10.5. The third kappa shape index (κ3) is 2.53. The Morgan fingerprint density at radius 1 is 1.50 bits per heavy atom. The van der Waals surface area contributed by atoms with Crippen molar-refractivity contribution in [2.24, 2.45) is 0 Å². The number of benzene rings is 1. The van der Waals surface area contributed by atoms with Crippen LogP contribution in [0.3, 0.4) is 0 Å². The van der Waals surface area contributed by atoms with E-state index >= 15 is 0 Å². The lowest BCUT2D eigenvalue weighted by molar-refractivity contribution is -0.144. The van der Waals surface area contributed by atoms with Gasteiger partial charge in [0.05, 0.1) is 0 Å². The Kier molecular flexibility index (Phi) is 3.14. The van der Waals surface area contributed by atoms with Crippen molar-refractivity contribution in [3.05, 3.63) is 29.8 Å².